The molecule has 2 nitrogen and oxygen atoms in total. The SMILES string of the molecule is CC1CCC([NH+]2CCN(c3ccc(F)cc3)CC2)CC1. The maximum Gasteiger partial charge on any atom is 0.123 e. The number of rotatable bonds is 2. The van der Waals surface area contributed by atoms with Crippen LogP contribution in [0.5, 0.6) is 0 Å². The molecule has 3 heteroatoms. The topological polar surface area (TPSA) is 7.68 Å². The predicted octanol–water partition coefficient (Wildman–Crippen LogP) is 2.11. The molecule has 1 heterocycles. The van der Waals surface area contributed by atoms with Crippen molar-refractivity contribution in [2.24, 2.45) is 5.92 Å². The lowest BCUT2D eigenvalue weighted by Gasteiger charge is -2.39. The summed E-state index contributed by atoms with van der Waals surface area (Å²) in [6.07, 6.45) is 5.64. The van der Waals surface area contributed by atoms with E-state index in [4.69, 9.17) is 0 Å². The first-order valence-corrected chi connectivity index (χ1v) is 8.07. The van der Waals surface area contributed by atoms with Crippen molar-refractivity contribution < 1.29 is 9.29 Å². The van der Waals surface area contributed by atoms with Gasteiger partial charge >= 0.3 is 0 Å². The van der Waals surface area contributed by atoms with Crippen molar-refractivity contribution in [3.63, 3.8) is 0 Å². The molecule has 1 aromatic rings. The lowest BCUT2D eigenvalue weighted by Crippen LogP contribution is -3.18. The Morgan fingerprint density at radius 1 is 1.00 bits per heavy atom. The number of benzene rings is 1. The second-order valence-corrected chi connectivity index (χ2v) is 6.58. The first-order chi connectivity index (χ1) is 9.72. The minimum Gasteiger partial charge on any atom is -0.360 e. The summed E-state index contributed by atoms with van der Waals surface area (Å²) in [7, 11) is 0. The van der Waals surface area contributed by atoms with E-state index in [-0.39, 0.29) is 5.82 Å². The van der Waals surface area contributed by atoms with Gasteiger partial charge < -0.3 is 9.80 Å². The number of nitrogens with zero attached hydrogens (tertiary/aromatic N) is 1. The van der Waals surface area contributed by atoms with E-state index in [1.807, 2.05) is 12.1 Å². The van der Waals surface area contributed by atoms with Gasteiger partial charge in [-0.2, -0.15) is 0 Å². The van der Waals surface area contributed by atoms with Crippen molar-refractivity contribution in [3.8, 4) is 0 Å². The Bertz CT molecular complexity index is 415. The highest BCUT2D eigenvalue weighted by atomic mass is 19.1. The van der Waals surface area contributed by atoms with Gasteiger partial charge in [0.05, 0.1) is 32.2 Å². The largest absolute Gasteiger partial charge is 0.360 e. The fourth-order valence-electron chi connectivity index (χ4n) is 3.78. The van der Waals surface area contributed by atoms with E-state index in [2.05, 4.69) is 11.8 Å². The average molecular weight is 277 g/mol. The highest BCUT2D eigenvalue weighted by Gasteiger charge is 2.30. The number of quaternary nitrogens is 1. The summed E-state index contributed by atoms with van der Waals surface area (Å²) in [5, 5.41) is 0. The lowest BCUT2D eigenvalue weighted by molar-refractivity contribution is -0.927. The van der Waals surface area contributed by atoms with Gasteiger partial charge in [-0.25, -0.2) is 4.39 Å². The van der Waals surface area contributed by atoms with Crippen LogP contribution in [0.25, 0.3) is 0 Å². The van der Waals surface area contributed by atoms with E-state index in [0.717, 1.165) is 25.0 Å². The molecule has 0 spiro atoms. The van der Waals surface area contributed by atoms with E-state index < -0.39 is 0 Å². The van der Waals surface area contributed by atoms with E-state index in [0.29, 0.717) is 0 Å². The molecule has 1 aromatic carbocycles. The lowest BCUT2D eigenvalue weighted by atomic mass is 9.86. The van der Waals surface area contributed by atoms with Crippen molar-refractivity contribution in [1.29, 1.82) is 0 Å². The molecule has 1 saturated carbocycles. The number of hydrogen-bond donors (Lipinski definition) is 1. The van der Waals surface area contributed by atoms with Gasteiger partial charge in [0.15, 0.2) is 0 Å². The molecule has 1 aliphatic heterocycles. The van der Waals surface area contributed by atoms with Gasteiger partial charge in [-0.1, -0.05) is 6.92 Å². The molecule has 20 heavy (non-hydrogen) atoms. The average Bonchev–Trinajstić information content (AvgIpc) is 2.49. The zero-order chi connectivity index (χ0) is 13.9. The molecule has 0 bridgehead atoms. The smallest absolute Gasteiger partial charge is 0.123 e. The standard InChI is InChI=1S/C17H25FN2/c1-14-2-6-16(7-3-14)19-10-12-20(13-11-19)17-8-4-15(18)5-9-17/h4-5,8-9,14,16H,2-3,6-7,10-13H2,1H3/p+1. The molecule has 1 saturated heterocycles. The fraction of sp³-hybridized carbons (Fsp3) is 0.647. The number of piperazine rings is 1. The van der Waals surface area contributed by atoms with Crippen molar-refractivity contribution in [3.05, 3.63) is 30.1 Å². The number of hydrogen-bond acceptors (Lipinski definition) is 1. The fourth-order valence-corrected chi connectivity index (χ4v) is 3.78. The summed E-state index contributed by atoms with van der Waals surface area (Å²) < 4.78 is 13.0. The molecule has 0 aromatic heterocycles. The van der Waals surface area contributed by atoms with Crippen LogP contribution in [0.4, 0.5) is 10.1 Å². The van der Waals surface area contributed by atoms with E-state index in [1.165, 1.54) is 44.5 Å². The number of halogens is 1. The van der Waals surface area contributed by atoms with Crippen molar-refractivity contribution in [2.75, 3.05) is 31.1 Å². The molecule has 0 radical (unpaired) electrons. The Balaban J connectivity index is 1.53. The summed E-state index contributed by atoms with van der Waals surface area (Å²) in [6, 6.07) is 7.83. The Labute approximate surface area is 121 Å². The van der Waals surface area contributed by atoms with Crippen LogP contribution in [-0.4, -0.2) is 32.2 Å². The number of nitrogens with one attached hydrogen (secondary N) is 1. The molecule has 0 amide bonds. The summed E-state index contributed by atoms with van der Waals surface area (Å²) in [5.74, 6) is 0.792. The monoisotopic (exact) mass is 277 g/mol. The highest BCUT2D eigenvalue weighted by Crippen LogP contribution is 2.22. The number of anilines is 1. The Kier molecular flexibility index (Phi) is 4.25. The third-order valence-electron chi connectivity index (χ3n) is 5.19. The minimum atomic E-state index is -0.144. The van der Waals surface area contributed by atoms with Gasteiger partial charge in [0.2, 0.25) is 0 Å². The van der Waals surface area contributed by atoms with Gasteiger partial charge in [0, 0.05) is 5.69 Å². The first kappa shape index (κ1) is 13.9. The maximum atomic E-state index is 13.0. The molecule has 110 valence electrons. The van der Waals surface area contributed by atoms with Crippen LogP contribution >= 0.6 is 0 Å². The van der Waals surface area contributed by atoms with Gasteiger partial charge in [-0.05, 0) is 55.9 Å². The summed E-state index contributed by atoms with van der Waals surface area (Å²) in [4.78, 5) is 4.20. The van der Waals surface area contributed by atoms with Crippen LogP contribution in [0, 0.1) is 11.7 Å². The van der Waals surface area contributed by atoms with Gasteiger partial charge in [-0.3, -0.25) is 0 Å². The molecule has 2 fully saturated rings. The third kappa shape index (κ3) is 3.14. The summed E-state index contributed by atoms with van der Waals surface area (Å²) >= 11 is 0. The first-order valence-electron chi connectivity index (χ1n) is 8.07. The maximum absolute atomic E-state index is 13.0. The van der Waals surface area contributed by atoms with Crippen molar-refractivity contribution in [2.45, 2.75) is 38.6 Å². The van der Waals surface area contributed by atoms with Crippen LogP contribution in [-0.2, 0) is 0 Å². The Morgan fingerprint density at radius 3 is 2.20 bits per heavy atom. The summed E-state index contributed by atoms with van der Waals surface area (Å²) in [5.41, 5.74) is 1.17. The molecular formula is C17H26FN2+. The summed E-state index contributed by atoms with van der Waals surface area (Å²) in [6.45, 7) is 7.06. The van der Waals surface area contributed by atoms with Crippen LogP contribution < -0.4 is 9.80 Å². The second-order valence-electron chi connectivity index (χ2n) is 6.58. The van der Waals surface area contributed by atoms with E-state index >= 15 is 0 Å². The second kappa shape index (κ2) is 6.13. The molecule has 3 rings (SSSR count). The Morgan fingerprint density at radius 2 is 1.60 bits per heavy atom. The van der Waals surface area contributed by atoms with Crippen LogP contribution in [0.3, 0.4) is 0 Å². The quantitative estimate of drug-likeness (QED) is 0.870. The molecular weight excluding hydrogens is 251 g/mol. The zero-order valence-electron chi connectivity index (χ0n) is 12.4. The molecule has 0 atom stereocenters. The zero-order valence-corrected chi connectivity index (χ0v) is 12.4. The van der Waals surface area contributed by atoms with E-state index in [9.17, 15) is 4.39 Å². The third-order valence-corrected chi connectivity index (χ3v) is 5.19. The van der Waals surface area contributed by atoms with E-state index in [1.54, 1.807) is 17.0 Å². The normalized spacial score (nSPS) is 28.6. The van der Waals surface area contributed by atoms with Crippen LogP contribution in [0.2, 0.25) is 0 Å². The van der Waals surface area contributed by atoms with Crippen molar-refractivity contribution >= 4 is 5.69 Å². The Hall–Kier alpha value is -1.09. The van der Waals surface area contributed by atoms with Gasteiger partial charge in [-0.15, -0.1) is 0 Å². The molecule has 1 N–H and O–H groups in total. The van der Waals surface area contributed by atoms with Crippen LogP contribution in [0.1, 0.15) is 32.6 Å². The highest BCUT2D eigenvalue weighted by molar-refractivity contribution is 5.46. The minimum absolute atomic E-state index is 0.144. The molecule has 2 aliphatic rings. The van der Waals surface area contributed by atoms with Gasteiger partial charge in [0.1, 0.15) is 5.82 Å². The van der Waals surface area contributed by atoms with Crippen LogP contribution in [0.15, 0.2) is 24.3 Å². The van der Waals surface area contributed by atoms with Gasteiger partial charge in [0.25, 0.3) is 0 Å². The predicted molar refractivity (Wildman–Crippen MR) is 80.7 cm³/mol. The van der Waals surface area contributed by atoms with Crippen molar-refractivity contribution in [1.82, 2.24) is 0 Å². The molecule has 1 aliphatic carbocycles. The molecule has 0 unspecified atom stereocenters.